The van der Waals surface area contributed by atoms with Gasteiger partial charge in [-0.2, -0.15) is 5.26 Å². The molecule has 2 aromatic heterocycles. The molecule has 32 heavy (non-hydrogen) atoms. The number of fused-ring (bicyclic) bond motifs is 1. The summed E-state index contributed by atoms with van der Waals surface area (Å²) in [6.07, 6.45) is 0. The molecular weight excluding hydrogens is 429 g/mol. The van der Waals surface area contributed by atoms with Gasteiger partial charge in [-0.05, 0) is 44.5 Å². The van der Waals surface area contributed by atoms with Crippen molar-refractivity contribution >= 4 is 28.3 Å². The van der Waals surface area contributed by atoms with Crippen molar-refractivity contribution in [1.82, 2.24) is 14.5 Å². The van der Waals surface area contributed by atoms with E-state index in [1.54, 1.807) is 42.8 Å². The van der Waals surface area contributed by atoms with E-state index in [1.807, 2.05) is 0 Å². The first-order chi connectivity index (χ1) is 15.2. The first-order valence-corrected chi connectivity index (χ1v) is 11.0. The van der Waals surface area contributed by atoms with Crippen LogP contribution in [0, 0.1) is 24.1 Å². The van der Waals surface area contributed by atoms with Crippen LogP contribution in [0.3, 0.4) is 0 Å². The number of benzene rings is 1. The van der Waals surface area contributed by atoms with Crippen LogP contribution in [0.5, 0.6) is 0 Å². The molecule has 4 rings (SSSR count). The highest BCUT2D eigenvalue weighted by Gasteiger charge is 2.30. The second-order valence-corrected chi connectivity index (χ2v) is 8.77. The number of aromatic nitrogens is 2. The largest absolute Gasteiger partial charge is 0.364 e. The van der Waals surface area contributed by atoms with Crippen LogP contribution in [-0.4, -0.2) is 40.1 Å². The fourth-order valence-corrected chi connectivity index (χ4v) is 4.80. The fourth-order valence-electron chi connectivity index (χ4n) is 4.49. The van der Waals surface area contributed by atoms with Gasteiger partial charge in [-0.15, -0.1) is 0 Å². The summed E-state index contributed by atoms with van der Waals surface area (Å²) in [6, 6.07) is 10.4. The van der Waals surface area contributed by atoms with E-state index >= 15 is 0 Å². The fraction of sp³-hybridized carbons (Fsp3) is 0.375. The van der Waals surface area contributed by atoms with Crippen molar-refractivity contribution in [2.45, 2.75) is 32.9 Å². The zero-order valence-corrected chi connectivity index (χ0v) is 19.3. The number of pyridine rings is 2. The summed E-state index contributed by atoms with van der Waals surface area (Å²) in [4.78, 5) is 21.6. The number of nitrogens with zero attached hydrogens (tertiary/aromatic N) is 5. The first-order valence-electron chi connectivity index (χ1n) is 10.6. The molecule has 166 valence electrons. The Morgan fingerprint density at radius 1 is 1.28 bits per heavy atom. The average molecular weight is 454 g/mol. The number of anilines is 1. The second-order valence-electron chi connectivity index (χ2n) is 8.39. The molecule has 0 saturated carbocycles. The zero-order valence-electron chi connectivity index (χ0n) is 18.6. The zero-order chi connectivity index (χ0) is 23.2. The van der Waals surface area contributed by atoms with Crippen molar-refractivity contribution in [3.63, 3.8) is 0 Å². The minimum atomic E-state index is -0.300. The lowest BCUT2D eigenvalue weighted by Crippen LogP contribution is -2.53. The summed E-state index contributed by atoms with van der Waals surface area (Å²) in [6.45, 7) is 8.04. The average Bonchev–Trinajstić information content (AvgIpc) is 2.79. The summed E-state index contributed by atoms with van der Waals surface area (Å²) in [7, 11) is 1.71. The third-order valence-corrected chi connectivity index (χ3v) is 7.00. The normalized spacial score (nSPS) is 18.0. The highest BCUT2D eigenvalue weighted by molar-refractivity contribution is 6.32. The predicted molar refractivity (Wildman–Crippen MR) is 125 cm³/mol. The lowest BCUT2D eigenvalue weighted by molar-refractivity contribution is 0.176. The van der Waals surface area contributed by atoms with Gasteiger partial charge in [0.1, 0.15) is 23.1 Å². The van der Waals surface area contributed by atoms with Crippen LogP contribution in [0.15, 0.2) is 35.1 Å². The van der Waals surface area contributed by atoms with Gasteiger partial charge < -0.3 is 9.47 Å². The van der Waals surface area contributed by atoms with Crippen LogP contribution in [0.2, 0.25) is 5.02 Å². The summed E-state index contributed by atoms with van der Waals surface area (Å²) in [5.41, 5.74) is 3.67. The van der Waals surface area contributed by atoms with Crippen molar-refractivity contribution in [2.75, 3.05) is 24.5 Å². The van der Waals surface area contributed by atoms with Gasteiger partial charge in [0.05, 0.1) is 16.2 Å². The number of aryl methyl sites for hydroxylation is 1. The molecule has 0 spiro atoms. The van der Waals surface area contributed by atoms with E-state index in [1.165, 1.54) is 6.07 Å². The van der Waals surface area contributed by atoms with E-state index in [2.05, 4.69) is 34.7 Å². The Morgan fingerprint density at radius 3 is 2.72 bits per heavy atom. The van der Waals surface area contributed by atoms with Crippen molar-refractivity contribution in [3.8, 4) is 6.07 Å². The minimum Gasteiger partial charge on any atom is -0.364 e. The molecule has 0 radical (unpaired) electrons. The number of hydrogen-bond acceptors (Lipinski definition) is 5. The Balaban J connectivity index is 1.65. The Labute approximate surface area is 191 Å². The van der Waals surface area contributed by atoms with Gasteiger partial charge in [-0.1, -0.05) is 17.7 Å². The molecule has 3 heterocycles. The number of piperazine rings is 1. The van der Waals surface area contributed by atoms with Crippen molar-refractivity contribution in [2.24, 2.45) is 7.05 Å². The van der Waals surface area contributed by atoms with Crippen LogP contribution < -0.4 is 10.5 Å². The summed E-state index contributed by atoms with van der Waals surface area (Å²) < 4.78 is 15.4. The number of hydrogen-bond donors (Lipinski definition) is 0. The molecule has 0 N–H and O–H groups in total. The quantitative estimate of drug-likeness (QED) is 0.595. The van der Waals surface area contributed by atoms with Crippen LogP contribution >= 0.6 is 11.6 Å². The topological polar surface area (TPSA) is 65.2 Å². The van der Waals surface area contributed by atoms with E-state index in [0.29, 0.717) is 33.9 Å². The number of rotatable bonds is 3. The molecule has 1 aromatic carbocycles. The second kappa shape index (κ2) is 8.53. The number of halogens is 2. The molecule has 1 aliphatic heterocycles. The maximum absolute atomic E-state index is 13.9. The van der Waals surface area contributed by atoms with Crippen molar-refractivity contribution in [3.05, 3.63) is 68.3 Å². The van der Waals surface area contributed by atoms with Crippen LogP contribution in [-0.2, 0) is 7.05 Å². The molecular formula is C24H25ClFN5O. The molecule has 2 atom stereocenters. The Kier molecular flexibility index (Phi) is 5.93. The Bertz CT molecular complexity index is 1300. The van der Waals surface area contributed by atoms with Crippen LogP contribution in [0.1, 0.15) is 36.7 Å². The summed E-state index contributed by atoms with van der Waals surface area (Å²) in [5, 5.41) is 9.77. The van der Waals surface area contributed by atoms with E-state index in [0.717, 1.165) is 24.3 Å². The van der Waals surface area contributed by atoms with Gasteiger partial charge >= 0.3 is 0 Å². The molecule has 6 nitrogen and oxygen atoms in total. The molecule has 0 amide bonds. The molecule has 3 aromatic rings. The van der Waals surface area contributed by atoms with Gasteiger partial charge in [0, 0.05) is 50.4 Å². The highest BCUT2D eigenvalue weighted by atomic mass is 35.5. The highest BCUT2D eigenvalue weighted by Crippen LogP contribution is 2.34. The van der Waals surface area contributed by atoms with Crippen molar-refractivity contribution < 1.29 is 4.39 Å². The van der Waals surface area contributed by atoms with Gasteiger partial charge in [0.2, 0.25) is 0 Å². The molecule has 0 aliphatic carbocycles. The lowest BCUT2D eigenvalue weighted by atomic mass is 10.0. The van der Waals surface area contributed by atoms with E-state index in [4.69, 9.17) is 11.6 Å². The summed E-state index contributed by atoms with van der Waals surface area (Å²) >= 11 is 6.45. The Hall–Kier alpha value is -2.95. The van der Waals surface area contributed by atoms with Gasteiger partial charge in [-0.3, -0.25) is 9.69 Å². The minimum absolute atomic E-state index is 0.0232. The van der Waals surface area contributed by atoms with Crippen LogP contribution in [0.4, 0.5) is 10.1 Å². The Morgan fingerprint density at radius 2 is 2.03 bits per heavy atom. The molecule has 0 bridgehead atoms. The molecule has 8 heteroatoms. The first kappa shape index (κ1) is 22.3. The third kappa shape index (κ3) is 3.74. The monoisotopic (exact) mass is 453 g/mol. The molecule has 1 fully saturated rings. The SMILES string of the molecule is Cc1c(F)ccc(C(C)N2CCN(c3cc(=O)n(C)c4ccc(C#N)nc34)[C@@H](C)C2)c1Cl. The van der Waals surface area contributed by atoms with Gasteiger partial charge in [0.15, 0.2) is 0 Å². The van der Waals surface area contributed by atoms with E-state index < -0.39 is 0 Å². The summed E-state index contributed by atoms with van der Waals surface area (Å²) in [5.74, 6) is -0.300. The standard InChI is InChI=1S/C24H25ClFN5O/c1-14-13-30(16(3)18-6-7-19(26)15(2)23(18)25)9-10-31(14)21-11-22(32)29(4)20-8-5-17(12-27)28-24(20)21/h5-8,11,14,16H,9-10,13H2,1-4H3/t14-,16?/m0/s1. The maximum atomic E-state index is 13.9. The van der Waals surface area contributed by atoms with Gasteiger partial charge in [0.25, 0.3) is 5.56 Å². The smallest absolute Gasteiger partial charge is 0.252 e. The van der Waals surface area contributed by atoms with E-state index in [9.17, 15) is 14.4 Å². The number of nitriles is 1. The van der Waals surface area contributed by atoms with Gasteiger partial charge in [-0.25, -0.2) is 9.37 Å². The third-order valence-electron chi connectivity index (χ3n) is 6.50. The molecule has 1 aliphatic rings. The van der Waals surface area contributed by atoms with Crippen molar-refractivity contribution in [1.29, 1.82) is 5.26 Å². The van der Waals surface area contributed by atoms with Crippen LogP contribution in [0.25, 0.3) is 11.0 Å². The maximum Gasteiger partial charge on any atom is 0.252 e. The molecule has 1 unspecified atom stereocenters. The lowest BCUT2D eigenvalue weighted by Gasteiger charge is -2.44. The van der Waals surface area contributed by atoms with E-state index in [-0.39, 0.29) is 23.5 Å². The predicted octanol–water partition coefficient (Wildman–Crippen LogP) is 4.18. The molecule has 1 saturated heterocycles.